The highest BCUT2D eigenvalue weighted by Gasteiger charge is 2.54. The Labute approximate surface area is 159 Å². The van der Waals surface area contributed by atoms with Crippen LogP contribution in [-0.4, -0.2) is 17.9 Å². The molecule has 0 aliphatic heterocycles. The number of Topliss-reactive ketones (excluding diaryl/α,β-unsaturated/α-hetero) is 1. The minimum atomic E-state index is -4.91. The Bertz CT molecular complexity index is 888. The first kappa shape index (κ1) is 20.5. The third kappa shape index (κ3) is 3.22. The molecule has 152 valence electrons. The van der Waals surface area contributed by atoms with Gasteiger partial charge < -0.3 is 5.32 Å². The van der Waals surface area contributed by atoms with Crippen LogP contribution >= 0.6 is 0 Å². The fourth-order valence-electron chi connectivity index (χ4n) is 4.44. The maximum atomic E-state index is 15.0. The monoisotopic (exact) mass is 401 g/mol. The zero-order valence-electron chi connectivity index (χ0n) is 15.5. The minimum absolute atomic E-state index is 0.0524. The number of benzene rings is 1. The summed E-state index contributed by atoms with van der Waals surface area (Å²) < 4.78 is 70.7. The number of fused-ring (bicyclic) bond motifs is 3. The van der Waals surface area contributed by atoms with Crippen LogP contribution < -0.4 is 5.32 Å². The van der Waals surface area contributed by atoms with E-state index in [0.29, 0.717) is 19.3 Å². The van der Waals surface area contributed by atoms with Gasteiger partial charge in [-0.2, -0.15) is 13.2 Å². The Hall–Kier alpha value is -2.25. The van der Waals surface area contributed by atoms with Gasteiger partial charge in [0.2, 0.25) is 5.91 Å². The molecule has 0 heterocycles. The van der Waals surface area contributed by atoms with E-state index in [-0.39, 0.29) is 36.0 Å². The van der Waals surface area contributed by atoms with Crippen LogP contribution in [0.25, 0.3) is 5.57 Å². The summed E-state index contributed by atoms with van der Waals surface area (Å²) in [6.07, 6.45) is -3.42. The van der Waals surface area contributed by atoms with Crippen molar-refractivity contribution in [1.29, 1.82) is 0 Å². The predicted octanol–water partition coefficient (Wildman–Crippen LogP) is 5.33. The molecule has 0 fully saturated rings. The predicted molar refractivity (Wildman–Crippen MR) is 93.5 cm³/mol. The Kier molecular flexibility index (Phi) is 5.10. The molecule has 3 rings (SSSR count). The minimum Gasteiger partial charge on any atom is -0.321 e. The number of halogens is 5. The van der Waals surface area contributed by atoms with E-state index in [1.807, 2.05) is 6.92 Å². The first-order chi connectivity index (χ1) is 13.0. The van der Waals surface area contributed by atoms with Crippen LogP contribution in [-0.2, 0) is 16.0 Å². The van der Waals surface area contributed by atoms with Gasteiger partial charge in [0.15, 0.2) is 11.6 Å². The van der Waals surface area contributed by atoms with Crippen LogP contribution in [0.2, 0.25) is 0 Å². The number of hydrogen-bond acceptors (Lipinski definition) is 2. The molecule has 0 bridgehead atoms. The number of hydrogen-bond donors (Lipinski definition) is 1. The van der Waals surface area contributed by atoms with Crippen LogP contribution in [0.5, 0.6) is 0 Å². The lowest BCUT2D eigenvalue weighted by Gasteiger charge is -2.37. The highest BCUT2D eigenvalue weighted by atomic mass is 19.4. The third-order valence-electron chi connectivity index (χ3n) is 5.59. The standard InChI is InChI=1S/C20H20F5NO2/c1-3-4-6-19-7-5-14(28)16(20(23,24)25)15(19)11-8-13(21)18(26-10(2)27)17(22)12(11)9-19/h8H,3-7,9H2,1-2H3,(H,26,27). The van der Waals surface area contributed by atoms with Gasteiger partial charge in [0.25, 0.3) is 0 Å². The molecule has 2 aliphatic carbocycles. The Morgan fingerprint density at radius 3 is 2.54 bits per heavy atom. The van der Waals surface area contributed by atoms with Crippen molar-refractivity contribution in [2.24, 2.45) is 5.41 Å². The van der Waals surface area contributed by atoms with E-state index in [2.05, 4.69) is 5.32 Å². The third-order valence-corrected chi connectivity index (χ3v) is 5.59. The SMILES string of the molecule is CCCCC12CCC(=O)C(C(F)(F)F)=C1c1cc(F)c(NC(C)=O)c(F)c1C2. The van der Waals surface area contributed by atoms with Crippen molar-refractivity contribution in [3.63, 3.8) is 0 Å². The Morgan fingerprint density at radius 1 is 1.29 bits per heavy atom. The van der Waals surface area contributed by atoms with Crippen molar-refractivity contribution in [3.8, 4) is 0 Å². The zero-order valence-corrected chi connectivity index (χ0v) is 15.5. The van der Waals surface area contributed by atoms with Gasteiger partial charge in [-0.25, -0.2) is 8.78 Å². The molecular formula is C20H20F5NO2. The van der Waals surface area contributed by atoms with Gasteiger partial charge >= 0.3 is 6.18 Å². The van der Waals surface area contributed by atoms with Crippen molar-refractivity contribution < 1.29 is 31.5 Å². The quantitative estimate of drug-likeness (QED) is 0.693. The van der Waals surface area contributed by atoms with E-state index >= 15 is 4.39 Å². The molecule has 0 spiro atoms. The van der Waals surface area contributed by atoms with Crippen molar-refractivity contribution in [2.75, 3.05) is 5.32 Å². The molecule has 1 aromatic rings. The number of rotatable bonds is 4. The van der Waals surface area contributed by atoms with E-state index in [9.17, 15) is 27.2 Å². The van der Waals surface area contributed by atoms with E-state index in [1.54, 1.807) is 0 Å². The molecule has 8 heteroatoms. The van der Waals surface area contributed by atoms with E-state index in [0.717, 1.165) is 13.0 Å². The number of amides is 1. The molecule has 0 saturated carbocycles. The lowest BCUT2D eigenvalue weighted by molar-refractivity contribution is -0.130. The Morgan fingerprint density at radius 2 is 1.96 bits per heavy atom. The lowest BCUT2D eigenvalue weighted by atomic mass is 9.67. The Balaban J connectivity index is 2.31. The van der Waals surface area contributed by atoms with Crippen molar-refractivity contribution in [1.82, 2.24) is 0 Å². The second-order valence-electron chi connectivity index (χ2n) is 7.49. The van der Waals surface area contributed by atoms with Gasteiger partial charge in [0, 0.05) is 18.8 Å². The smallest absolute Gasteiger partial charge is 0.321 e. The number of nitrogens with one attached hydrogen (secondary N) is 1. The van der Waals surface area contributed by atoms with Gasteiger partial charge in [-0.15, -0.1) is 0 Å². The summed E-state index contributed by atoms with van der Waals surface area (Å²) in [6.45, 7) is 2.97. The molecule has 0 saturated heterocycles. The number of unbranched alkanes of at least 4 members (excludes halogenated alkanes) is 1. The van der Waals surface area contributed by atoms with Gasteiger partial charge in [0.05, 0.1) is 0 Å². The van der Waals surface area contributed by atoms with Crippen LogP contribution in [0, 0.1) is 17.0 Å². The largest absolute Gasteiger partial charge is 0.420 e. The van der Waals surface area contributed by atoms with Crippen LogP contribution in [0.4, 0.5) is 27.6 Å². The number of alkyl halides is 3. The first-order valence-corrected chi connectivity index (χ1v) is 9.16. The topological polar surface area (TPSA) is 46.2 Å². The maximum absolute atomic E-state index is 15.0. The van der Waals surface area contributed by atoms with Crippen molar-refractivity contribution in [2.45, 2.75) is 58.5 Å². The normalized spacial score (nSPS) is 21.6. The number of anilines is 1. The van der Waals surface area contributed by atoms with E-state index < -0.39 is 46.2 Å². The van der Waals surface area contributed by atoms with Gasteiger partial charge in [-0.1, -0.05) is 19.8 Å². The van der Waals surface area contributed by atoms with Crippen molar-refractivity contribution >= 4 is 23.0 Å². The summed E-state index contributed by atoms with van der Waals surface area (Å²) in [7, 11) is 0. The summed E-state index contributed by atoms with van der Waals surface area (Å²) >= 11 is 0. The summed E-state index contributed by atoms with van der Waals surface area (Å²) in [6, 6.07) is 0.817. The molecule has 1 atom stereocenters. The molecular weight excluding hydrogens is 381 g/mol. The van der Waals surface area contributed by atoms with Gasteiger partial charge in [0.1, 0.15) is 17.1 Å². The first-order valence-electron chi connectivity index (χ1n) is 9.16. The molecule has 1 N–H and O–H groups in total. The molecule has 2 aliphatic rings. The highest BCUT2D eigenvalue weighted by Crippen LogP contribution is 2.59. The summed E-state index contributed by atoms with van der Waals surface area (Å²) in [5.41, 5.74) is -3.59. The number of carbonyl (C=O) groups is 2. The molecule has 0 radical (unpaired) electrons. The fraction of sp³-hybridized carbons (Fsp3) is 0.500. The molecule has 0 aromatic heterocycles. The average molecular weight is 401 g/mol. The van der Waals surface area contributed by atoms with Crippen LogP contribution in [0.3, 0.4) is 0 Å². The highest BCUT2D eigenvalue weighted by molar-refractivity contribution is 6.08. The summed E-state index contributed by atoms with van der Waals surface area (Å²) in [5.74, 6) is -3.98. The molecule has 1 aromatic carbocycles. The average Bonchev–Trinajstić information content (AvgIpc) is 2.90. The second-order valence-corrected chi connectivity index (χ2v) is 7.49. The molecule has 28 heavy (non-hydrogen) atoms. The number of ketones is 1. The second kappa shape index (κ2) is 6.97. The van der Waals surface area contributed by atoms with Crippen LogP contribution in [0.15, 0.2) is 11.6 Å². The maximum Gasteiger partial charge on any atom is 0.420 e. The number of allylic oxidation sites excluding steroid dienone is 2. The molecule has 1 amide bonds. The molecule has 1 unspecified atom stereocenters. The number of carbonyl (C=O) groups excluding carboxylic acids is 2. The molecule has 3 nitrogen and oxygen atoms in total. The van der Waals surface area contributed by atoms with Crippen molar-refractivity contribution in [3.05, 3.63) is 34.4 Å². The summed E-state index contributed by atoms with van der Waals surface area (Å²) in [4.78, 5) is 23.4. The fourth-order valence-corrected chi connectivity index (χ4v) is 4.44. The lowest BCUT2D eigenvalue weighted by Crippen LogP contribution is -2.34. The zero-order chi connectivity index (χ0) is 20.9. The van der Waals surface area contributed by atoms with Gasteiger partial charge in [-0.3, -0.25) is 9.59 Å². The van der Waals surface area contributed by atoms with Crippen LogP contribution in [0.1, 0.15) is 57.1 Å². The van der Waals surface area contributed by atoms with E-state index in [1.165, 1.54) is 0 Å². The van der Waals surface area contributed by atoms with E-state index in [4.69, 9.17) is 0 Å². The summed E-state index contributed by atoms with van der Waals surface area (Å²) in [5, 5.41) is 2.06. The van der Waals surface area contributed by atoms with Gasteiger partial charge in [-0.05, 0) is 42.0 Å².